The lowest BCUT2D eigenvalue weighted by molar-refractivity contribution is -0.385. The molecule has 0 bridgehead atoms. The minimum absolute atomic E-state index is 0.00467. The number of nitro groups is 1. The molecule has 1 aliphatic heterocycles. The van der Waals surface area contributed by atoms with Gasteiger partial charge in [-0.3, -0.25) is 25.0 Å². The zero-order chi connectivity index (χ0) is 21.3. The Hall–Kier alpha value is -2.48. The molecule has 164 valence electrons. The average molecular weight is 418 g/mol. The van der Waals surface area contributed by atoms with Gasteiger partial charge in [0.1, 0.15) is 5.75 Å². The molecule has 3 atom stereocenters. The van der Waals surface area contributed by atoms with Gasteiger partial charge in [-0.15, -0.1) is 0 Å². The van der Waals surface area contributed by atoms with Crippen molar-refractivity contribution in [3.63, 3.8) is 0 Å². The first-order chi connectivity index (χ1) is 14.6. The second kappa shape index (κ2) is 11.1. The molecule has 1 saturated carbocycles. The number of fused-ring (bicyclic) bond motifs is 1. The second-order valence-corrected chi connectivity index (χ2v) is 8.27. The molecule has 2 fully saturated rings. The van der Waals surface area contributed by atoms with Gasteiger partial charge in [-0.05, 0) is 63.0 Å². The van der Waals surface area contributed by atoms with Crippen molar-refractivity contribution in [1.82, 2.24) is 10.6 Å². The number of piperidine rings is 1. The average Bonchev–Trinajstić information content (AvgIpc) is 2.75. The van der Waals surface area contributed by atoms with Gasteiger partial charge in [-0.25, -0.2) is 0 Å². The molecule has 2 N–H and O–H groups in total. The van der Waals surface area contributed by atoms with Gasteiger partial charge in [0.2, 0.25) is 5.91 Å². The zero-order valence-electron chi connectivity index (χ0n) is 17.3. The maximum Gasteiger partial charge on any atom is 0.280 e. The molecule has 3 unspecified atom stereocenters. The topological polar surface area (TPSA) is 111 Å². The van der Waals surface area contributed by atoms with Gasteiger partial charge in [0.05, 0.1) is 23.3 Å². The van der Waals surface area contributed by atoms with E-state index in [0.29, 0.717) is 31.1 Å². The molecule has 2 aliphatic rings. The fourth-order valence-electron chi connectivity index (χ4n) is 4.51. The monoisotopic (exact) mass is 417 g/mol. The first kappa shape index (κ1) is 22.2. The Morgan fingerprint density at radius 3 is 2.83 bits per heavy atom. The number of aldehydes is 1. The molecule has 8 nitrogen and oxygen atoms in total. The highest BCUT2D eigenvalue weighted by atomic mass is 16.6. The molecule has 0 aromatic heterocycles. The first-order valence-electron chi connectivity index (χ1n) is 11.0. The van der Waals surface area contributed by atoms with Crippen molar-refractivity contribution in [2.45, 2.75) is 76.4 Å². The fourth-order valence-corrected chi connectivity index (χ4v) is 4.51. The van der Waals surface area contributed by atoms with Crippen molar-refractivity contribution in [3.05, 3.63) is 33.9 Å². The van der Waals surface area contributed by atoms with E-state index in [1.54, 1.807) is 0 Å². The number of nitro benzene ring substituents is 1. The van der Waals surface area contributed by atoms with Crippen LogP contribution in [0, 0.1) is 16.0 Å². The van der Waals surface area contributed by atoms with Gasteiger partial charge in [0, 0.05) is 18.5 Å². The van der Waals surface area contributed by atoms with Crippen LogP contribution in [0.3, 0.4) is 0 Å². The van der Waals surface area contributed by atoms with Crippen LogP contribution in [-0.4, -0.2) is 35.9 Å². The summed E-state index contributed by atoms with van der Waals surface area (Å²) in [5, 5.41) is 17.6. The lowest BCUT2D eigenvalue weighted by Crippen LogP contribution is -2.56. The van der Waals surface area contributed by atoms with Crippen LogP contribution in [0.5, 0.6) is 5.75 Å². The Morgan fingerprint density at radius 1 is 1.20 bits per heavy atom. The van der Waals surface area contributed by atoms with E-state index in [9.17, 15) is 19.7 Å². The summed E-state index contributed by atoms with van der Waals surface area (Å²) in [6, 6.07) is 4.71. The van der Waals surface area contributed by atoms with Crippen LogP contribution in [0.25, 0.3) is 0 Å². The van der Waals surface area contributed by atoms with E-state index in [1.165, 1.54) is 50.3 Å². The fraction of sp³-hybridized carbons (Fsp3) is 0.636. The Bertz CT molecular complexity index is 754. The third-order valence-corrected chi connectivity index (χ3v) is 6.13. The summed E-state index contributed by atoms with van der Waals surface area (Å²) in [5.41, 5.74) is -0.222. The summed E-state index contributed by atoms with van der Waals surface area (Å²) >= 11 is 0. The largest absolute Gasteiger partial charge is 0.494 e. The number of carbonyl (C=O) groups excluding carboxylic acids is 2. The molecule has 8 heteroatoms. The highest BCUT2D eigenvalue weighted by Gasteiger charge is 2.31. The van der Waals surface area contributed by atoms with Crippen LogP contribution in [0.1, 0.15) is 74.6 Å². The van der Waals surface area contributed by atoms with E-state index in [0.717, 1.165) is 31.6 Å². The number of hydrogen-bond acceptors (Lipinski definition) is 6. The molecule has 1 aliphatic carbocycles. The molecular formula is C22H31N3O5. The van der Waals surface area contributed by atoms with Crippen LogP contribution in [0.2, 0.25) is 0 Å². The molecule has 1 heterocycles. The highest BCUT2D eigenvalue weighted by Crippen LogP contribution is 2.31. The number of ether oxygens (including phenoxy) is 1. The Labute approximate surface area is 176 Å². The molecule has 3 rings (SSSR count). The zero-order valence-corrected chi connectivity index (χ0v) is 17.3. The number of benzene rings is 1. The van der Waals surface area contributed by atoms with E-state index in [1.807, 2.05) is 0 Å². The molecule has 0 radical (unpaired) electrons. The van der Waals surface area contributed by atoms with Crippen molar-refractivity contribution in [1.29, 1.82) is 0 Å². The van der Waals surface area contributed by atoms with Crippen LogP contribution in [0.4, 0.5) is 5.69 Å². The van der Waals surface area contributed by atoms with Gasteiger partial charge >= 0.3 is 0 Å². The predicted molar refractivity (Wildman–Crippen MR) is 112 cm³/mol. The van der Waals surface area contributed by atoms with Crippen LogP contribution in [0.15, 0.2) is 18.2 Å². The van der Waals surface area contributed by atoms with Gasteiger partial charge < -0.3 is 10.1 Å². The number of amides is 1. The molecule has 0 spiro atoms. The van der Waals surface area contributed by atoms with E-state index in [-0.39, 0.29) is 23.3 Å². The van der Waals surface area contributed by atoms with Crippen LogP contribution in [-0.2, 0) is 4.79 Å². The van der Waals surface area contributed by atoms with Crippen molar-refractivity contribution in [2.75, 3.05) is 6.61 Å². The maximum absolute atomic E-state index is 12.2. The Morgan fingerprint density at radius 2 is 2.03 bits per heavy atom. The highest BCUT2D eigenvalue weighted by molar-refractivity contribution is 5.82. The van der Waals surface area contributed by atoms with Crippen LogP contribution < -0.4 is 15.4 Å². The standard InChI is InChI=1S/C22H31N3O5/c26-15-17-14-18(10-11-20(17)25(28)29)30-13-5-1-2-8-22(27)24-21-12-9-16-6-3-4-7-19(16)23-21/h10-11,14-16,19,21,23H,1-9,12-13H2,(H,24,27). The van der Waals surface area contributed by atoms with Crippen molar-refractivity contribution in [2.24, 2.45) is 5.92 Å². The van der Waals surface area contributed by atoms with E-state index in [2.05, 4.69) is 10.6 Å². The minimum atomic E-state index is -0.588. The van der Waals surface area contributed by atoms with E-state index in [4.69, 9.17) is 4.74 Å². The summed E-state index contributed by atoms with van der Waals surface area (Å²) < 4.78 is 5.57. The molecule has 1 saturated heterocycles. The third kappa shape index (κ3) is 6.26. The number of nitrogens with zero attached hydrogens (tertiary/aromatic N) is 1. The van der Waals surface area contributed by atoms with Crippen molar-refractivity contribution >= 4 is 17.9 Å². The summed E-state index contributed by atoms with van der Waals surface area (Å²) in [5.74, 6) is 1.31. The quantitative estimate of drug-likeness (QED) is 0.260. The number of nitrogens with one attached hydrogen (secondary N) is 2. The van der Waals surface area contributed by atoms with E-state index >= 15 is 0 Å². The van der Waals surface area contributed by atoms with Crippen molar-refractivity contribution < 1.29 is 19.2 Å². The number of unbranched alkanes of at least 4 members (excludes halogenated alkanes) is 2. The SMILES string of the molecule is O=Cc1cc(OCCCCCC(=O)NC2CCC3CCCCC3N2)ccc1[N+](=O)[O-]. The molecule has 30 heavy (non-hydrogen) atoms. The first-order valence-corrected chi connectivity index (χ1v) is 11.0. The maximum atomic E-state index is 12.2. The van der Waals surface area contributed by atoms with Crippen molar-refractivity contribution in [3.8, 4) is 5.75 Å². The van der Waals surface area contributed by atoms with E-state index < -0.39 is 4.92 Å². The number of carbonyl (C=O) groups is 2. The van der Waals surface area contributed by atoms with Gasteiger partial charge in [0.25, 0.3) is 5.69 Å². The van der Waals surface area contributed by atoms with Crippen LogP contribution >= 0.6 is 0 Å². The molecule has 1 amide bonds. The minimum Gasteiger partial charge on any atom is -0.494 e. The number of hydrogen-bond donors (Lipinski definition) is 2. The predicted octanol–water partition coefficient (Wildman–Crippen LogP) is 3.73. The lowest BCUT2D eigenvalue weighted by atomic mass is 9.79. The molecular weight excluding hydrogens is 386 g/mol. The van der Waals surface area contributed by atoms with Gasteiger partial charge in [-0.2, -0.15) is 0 Å². The summed E-state index contributed by atoms with van der Waals surface area (Å²) in [7, 11) is 0. The Balaban J connectivity index is 1.28. The number of rotatable bonds is 10. The van der Waals surface area contributed by atoms with Gasteiger partial charge in [0.15, 0.2) is 6.29 Å². The lowest BCUT2D eigenvalue weighted by Gasteiger charge is -2.40. The second-order valence-electron chi connectivity index (χ2n) is 8.27. The summed E-state index contributed by atoms with van der Waals surface area (Å²) in [6.07, 6.45) is 10.8. The normalized spacial score (nSPS) is 23.3. The smallest absolute Gasteiger partial charge is 0.280 e. The Kier molecular flexibility index (Phi) is 8.19. The third-order valence-electron chi connectivity index (χ3n) is 6.13. The van der Waals surface area contributed by atoms with Gasteiger partial charge in [-0.1, -0.05) is 12.8 Å². The molecule has 1 aromatic carbocycles. The molecule has 1 aromatic rings. The summed E-state index contributed by atoms with van der Waals surface area (Å²) in [4.78, 5) is 33.4. The summed E-state index contributed by atoms with van der Waals surface area (Å²) in [6.45, 7) is 0.435.